The smallest absolute Gasteiger partial charge is 0.274 e. The molecule has 0 fully saturated rings. The number of carbonyl (C=O) groups is 1. The Kier molecular flexibility index (Phi) is 4.51. The predicted octanol–water partition coefficient (Wildman–Crippen LogP) is 3.37. The van der Waals surface area contributed by atoms with Crippen molar-refractivity contribution in [2.75, 3.05) is 7.11 Å². The SMILES string of the molecule is CCc1[nH]c2ccc(CNC(=O)c3ncccc3OC)cc2c1C. The van der Waals surface area contributed by atoms with Crippen molar-refractivity contribution in [3.8, 4) is 5.75 Å². The molecule has 0 atom stereocenters. The van der Waals surface area contributed by atoms with E-state index in [-0.39, 0.29) is 5.91 Å². The van der Waals surface area contributed by atoms with Crippen LogP contribution < -0.4 is 10.1 Å². The summed E-state index contributed by atoms with van der Waals surface area (Å²) >= 11 is 0. The van der Waals surface area contributed by atoms with E-state index in [0.29, 0.717) is 18.0 Å². The number of benzene rings is 1. The highest BCUT2D eigenvalue weighted by Gasteiger charge is 2.13. The Balaban J connectivity index is 1.78. The lowest BCUT2D eigenvalue weighted by Crippen LogP contribution is -2.24. The van der Waals surface area contributed by atoms with Crippen LogP contribution in [0.25, 0.3) is 10.9 Å². The Hall–Kier alpha value is -2.82. The first-order chi connectivity index (χ1) is 11.6. The van der Waals surface area contributed by atoms with Crippen molar-refractivity contribution < 1.29 is 9.53 Å². The van der Waals surface area contributed by atoms with Crippen LogP contribution in [0.15, 0.2) is 36.5 Å². The van der Waals surface area contributed by atoms with Gasteiger partial charge in [0.2, 0.25) is 0 Å². The van der Waals surface area contributed by atoms with Crippen LogP contribution in [-0.2, 0) is 13.0 Å². The quantitative estimate of drug-likeness (QED) is 0.756. The second-order valence-corrected chi connectivity index (χ2v) is 5.70. The summed E-state index contributed by atoms with van der Waals surface area (Å²) in [7, 11) is 1.53. The molecule has 2 heterocycles. The van der Waals surface area contributed by atoms with Crippen LogP contribution in [0.5, 0.6) is 5.75 Å². The number of rotatable bonds is 5. The summed E-state index contributed by atoms with van der Waals surface area (Å²) in [4.78, 5) is 19.8. The van der Waals surface area contributed by atoms with E-state index in [0.717, 1.165) is 17.5 Å². The Morgan fingerprint density at radius 2 is 2.17 bits per heavy atom. The van der Waals surface area contributed by atoms with E-state index in [1.165, 1.54) is 23.8 Å². The molecule has 0 radical (unpaired) electrons. The lowest BCUT2D eigenvalue weighted by molar-refractivity contribution is 0.0942. The fourth-order valence-corrected chi connectivity index (χ4v) is 2.88. The van der Waals surface area contributed by atoms with E-state index in [9.17, 15) is 4.79 Å². The molecule has 0 aliphatic rings. The van der Waals surface area contributed by atoms with Gasteiger partial charge in [0.25, 0.3) is 5.91 Å². The number of nitrogens with zero attached hydrogens (tertiary/aromatic N) is 1. The summed E-state index contributed by atoms with van der Waals surface area (Å²) in [6, 6.07) is 9.67. The monoisotopic (exact) mass is 323 g/mol. The first-order valence-electron chi connectivity index (χ1n) is 8.01. The molecule has 3 rings (SSSR count). The van der Waals surface area contributed by atoms with Gasteiger partial charge in [-0.15, -0.1) is 0 Å². The second kappa shape index (κ2) is 6.74. The zero-order valence-electron chi connectivity index (χ0n) is 14.1. The molecule has 1 amide bonds. The van der Waals surface area contributed by atoms with E-state index in [4.69, 9.17) is 4.74 Å². The van der Waals surface area contributed by atoms with Gasteiger partial charge < -0.3 is 15.0 Å². The number of aryl methyl sites for hydroxylation is 2. The highest BCUT2D eigenvalue weighted by atomic mass is 16.5. The van der Waals surface area contributed by atoms with E-state index < -0.39 is 0 Å². The Morgan fingerprint density at radius 1 is 1.33 bits per heavy atom. The van der Waals surface area contributed by atoms with Gasteiger partial charge in [0.1, 0.15) is 5.75 Å². The van der Waals surface area contributed by atoms with Gasteiger partial charge in [-0.3, -0.25) is 4.79 Å². The molecule has 1 aromatic carbocycles. The van der Waals surface area contributed by atoms with Gasteiger partial charge in [0.05, 0.1) is 7.11 Å². The second-order valence-electron chi connectivity index (χ2n) is 5.70. The lowest BCUT2D eigenvalue weighted by atomic mass is 10.1. The first-order valence-corrected chi connectivity index (χ1v) is 8.01. The summed E-state index contributed by atoms with van der Waals surface area (Å²) in [5.41, 5.74) is 5.00. The number of nitrogens with one attached hydrogen (secondary N) is 2. The van der Waals surface area contributed by atoms with Crippen LogP contribution >= 0.6 is 0 Å². The minimum Gasteiger partial charge on any atom is -0.494 e. The number of pyridine rings is 1. The Labute approximate surface area is 141 Å². The van der Waals surface area contributed by atoms with Crippen molar-refractivity contribution in [2.45, 2.75) is 26.8 Å². The fraction of sp³-hybridized carbons (Fsp3) is 0.263. The minimum atomic E-state index is -0.243. The van der Waals surface area contributed by atoms with Crippen molar-refractivity contribution >= 4 is 16.8 Å². The number of carbonyl (C=O) groups excluding carboxylic acids is 1. The van der Waals surface area contributed by atoms with E-state index in [1.54, 1.807) is 18.3 Å². The Morgan fingerprint density at radius 3 is 2.92 bits per heavy atom. The van der Waals surface area contributed by atoms with Crippen molar-refractivity contribution in [2.24, 2.45) is 0 Å². The third-order valence-corrected chi connectivity index (χ3v) is 4.24. The summed E-state index contributed by atoms with van der Waals surface area (Å²) < 4.78 is 5.18. The summed E-state index contributed by atoms with van der Waals surface area (Å²) in [6.45, 7) is 4.71. The number of aromatic amines is 1. The third kappa shape index (κ3) is 2.97. The minimum absolute atomic E-state index is 0.243. The third-order valence-electron chi connectivity index (χ3n) is 4.24. The lowest BCUT2D eigenvalue weighted by Gasteiger charge is -2.08. The van der Waals surface area contributed by atoms with Crippen LogP contribution in [0.4, 0.5) is 0 Å². The molecule has 5 nitrogen and oxygen atoms in total. The van der Waals surface area contributed by atoms with Crippen molar-refractivity contribution in [1.82, 2.24) is 15.3 Å². The fourth-order valence-electron chi connectivity index (χ4n) is 2.88. The number of methoxy groups -OCH3 is 1. The van der Waals surface area contributed by atoms with E-state index in [1.807, 2.05) is 6.07 Å². The maximum absolute atomic E-state index is 12.3. The van der Waals surface area contributed by atoms with Crippen molar-refractivity contribution in [1.29, 1.82) is 0 Å². The number of amides is 1. The van der Waals surface area contributed by atoms with Gasteiger partial charge in [-0.05, 0) is 48.7 Å². The maximum Gasteiger partial charge on any atom is 0.274 e. The number of H-pyrrole nitrogens is 1. The van der Waals surface area contributed by atoms with Crippen LogP contribution in [0.3, 0.4) is 0 Å². The summed E-state index contributed by atoms with van der Waals surface area (Å²) in [5.74, 6) is 0.229. The molecule has 0 saturated heterocycles. The summed E-state index contributed by atoms with van der Waals surface area (Å²) in [6.07, 6.45) is 2.56. The van der Waals surface area contributed by atoms with Crippen LogP contribution in [0.1, 0.15) is 34.2 Å². The van der Waals surface area contributed by atoms with Gasteiger partial charge in [-0.2, -0.15) is 0 Å². The van der Waals surface area contributed by atoms with Gasteiger partial charge in [0, 0.05) is 29.3 Å². The van der Waals surface area contributed by atoms with Gasteiger partial charge >= 0.3 is 0 Å². The number of hydrogen-bond acceptors (Lipinski definition) is 3. The van der Waals surface area contributed by atoms with Crippen LogP contribution in [0, 0.1) is 6.92 Å². The van der Waals surface area contributed by atoms with Crippen LogP contribution in [0.2, 0.25) is 0 Å². The van der Waals surface area contributed by atoms with Gasteiger partial charge in [0.15, 0.2) is 5.69 Å². The Bertz CT molecular complexity index is 883. The average molecular weight is 323 g/mol. The molecule has 0 bridgehead atoms. The normalized spacial score (nSPS) is 10.8. The van der Waals surface area contributed by atoms with Crippen molar-refractivity contribution in [3.63, 3.8) is 0 Å². The highest BCUT2D eigenvalue weighted by Crippen LogP contribution is 2.23. The van der Waals surface area contributed by atoms with E-state index in [2.05, 4.69) is 41.3 Å². The number of aromatic nitrogens is 2. The van der Waals surface area contributed by atoms with E-state index >= 15 is 0 Å². The largest absolute Gasteiger partial charge is 0.494 e. The van der Waals surface area contributed by atoms with Gasteiger partial charge in [-0.25, -0.2) is 4.98 Å². The average Bonchev–Trinajstić information content (AvgIpc) is 2.95. The van der Waals surface area contributed by atoms with Crippen molar-refractivity contribution in [3.05, 3.63) is 59.0 Å². The molecule has 0 unspecified atom stereocenters. The topological polar surface area (TPSA) is 67.0 Å². The molecular weight excluding hydrogens is 302 g/mol. The number of fused-ring (bicyclic) bond motifs is 1. The molecular formula is C19H21N3O2. The zero-order chi connectivity index (χ0) is 17.1. The zero-order valence-corrected chi connectivity index (χ0v) is 14.1. The molecule has 2 N–H and O–H groups in total. The molecule has 3 aromatic rings. The molecule has 0 spiro atoms. The van der Waals surface area contributed by atoms with Crippen LogP contribution in [-0.4, -0.2) is 23.0 Å². The molecule has 5 heteroatoms. The summed E-state index contributed by atoms with van der Waals surface area (Å²) in [5, 5.41) is 4.11. The maximum atomic E-state index is 12.3. The number of hydrogen-bond donors (Lipinski definition) is 2. The molecule has 24 heavy (non-hydrogen) atoms. The molecule has 124 valence electrons. The highest BCUT2D eigenvalue weighted by molar-refractivity contribution is 5.95. The molecule has 2 aromatic heterocycles. The molecule has 0 saturated carbocycles. The predicted molar refractivity (Wildman–Crippen MR) is 94.4 cm³/mol. The number of ether oxygens (including phenoxy) is 1. The molecule has 0 aliphatic carbocycles. The standard InChI is InChI=1S/C19H21N3O2/c1-4-15-12(2)14-10-13(7-8-16(14)22-15)11-21-19(23)18-17(24-3)6-5-9-20-18/h5-10,22H,4,11H2,1-3H3,(H,21,23). The molecule has 0 aliphatic heterocycles. The van der Waals surface area contributed by atoms with Gasteiger partial charge in [-0.1, -0.05) is 13.0 Å². The first kappa shape index (κ1) is 16.1.